The molecule has 30 heavy (non-hydrogen) atoms. The first-order chi connectivity index (χ1) is 14.3. The van der Waals surface area contributed by atoms with E-state index in [-0.39, 0.29) is 16.8 Å². The van der Waals surface area contributed by atoms with E-state index in [1.807, 2.05) is 6.92 Å². The summed E-state index contributed by atoms with van der Waals surface area (Å²) < 4.78 is 38.4. The molecule has 0 spiro atoms. The molecule has 2 aromatic carbocycles. The monoisotopic (exact) mass is 464 g/mol. The van der Waals surface area contributed by atoms with Crippen molar-refractivity contribution < 1.29 is 22.7 Å². The van der Waals surface area contributed by atoms with Gasteiger partial charge in [0.15, 0.2) is 15.8 Å². The van der Waals surface area contributed by atoms with Gasteiger partial charge < -0.3 is 15.2 Å². The third-order valence-corrected chi connectivity index (χ3v) is 7.82. The predicted molar refractivity (Wildman–Crippen MR) is 112 cm³/mol. The summed E-state index contributed by atoms with van der Waals surface area (Å²) in [7, 11) is -3.79. The number of nitrogens with zero attached hydrogens (tertiary/aromatic N) is 2. The summed E-state index contributed by atoms with van der Waals surface area (Å²) in [5.74, 6) is 0.551. The highest BCUT2D eigenvalue weighted by Crippen LogP contribution is 2.41. The lowest BCUT2D eigenvalue weighted by Gasteiger charge is -2.12. The molecule has 0 bridgehead atoms. The maximum atomic E-state index is 12.5. The smallest absolute Gasteiger partial charge is 0.263 e. The second-order valence-corrected chi connectivity index (χ2v) is 10.3. The lowest BCUT2D eigenvalue weighted by atomic mass is 10.1. The number of hydrogen-bond acceptors (Lipinski definition) is 9. The Labute approximate surface area is 180 Å². The summed E-state index contributed by atoms with van der Waals surface area (Å²) in [6.07, 6.45) is 0. The van der Waals surface area contributed by atoms with E-state index in [1.54, 1.807) is 30.3 Å². The molecule has 4 rings (SSSR count). The number of carbonyl (C=O) groups is 1. The first kappa shape index (κ1) is 20.4. The number of aryl methyl sites for hydroxylation is 1. The zero-order valence-electron chi connectivity index (χ0n) is 15.6. The molecule has 156 valence electrons. The molecule has 12 heteroatoms. The molecule has 3 aromatic rings. The van der Waals surface area contributed by atoms with E-state index in [0.29, 0.717) is 21.4 Å². The molecule has 0 saturated carbocycles. The fourth-order valence-corrected chi connectivity index (χ4v) is 5.77. The van der Waals surface area contributed by atoms with Crippen molar-refractivity contribution in [2.24, 2.45) is 5.73 Å². The Morgan fingerprint density at radius 1 is 1.17 bits per heavy atom. The van der Waals surface area contributed by atoms with Gasteiger partial charge in [-0.2, -0.15) is 0 Å². The molecule has 0 fully saturated rings. The normalized spacial score (nSPS) is 13.8. The van der Waals surface area contributed by atoms with Gasteiger partial charge in [-0.3, -0.25) is 9.52 Å². The van der Waals surface area contributed by atoms with Crippen molar-refractivity contribution in [2.75, 3.05) is 11.5 Å². The highest BCUT2D eigenvalue weighted by molar-refractivity contribution is 8.02. The second-order valence-electron chi connectivity index (χ2n) is 6.30. The minimum atomic E-state index is -3.79. The van der Waals surface area contributed by atoms with Crippen LogP contribution in [-0.2, 0) is 14.8 Å². The lowest BCUT2D eigenvalue weighted by molar-refractivity contribution is -0.117. The molecule has 3 N–H and O–H groups in total. The number of rotatable bonds is 7. The maximum absolute atomic E-state index is 12.5. The number of hydrogen-bond donors (Lipinski definition) is 2. The summed E-state index contributed by atoms with van der Waals surface area (Å²) in [6, 6.07) is 11.5. The number of carbonyl (C=O) groups excluding carboxylic acids is 1. The standard InChI is InChI=1S/C18H16N4O5S3/c1-10-2-5-12(6-3-10)30(24,25)22-17-20-21-18(29-17)28-15(16(19)23)11-4-7-13-14(8-11)27-9-26-13/h2-8,15H,9H2,1H3,(H2,19,23)(H,20,22). The average molecular weight is 465 g/mol. The molecule has 1 amide bonds. The van der Waals surface area contributed by atoms with Crippen LogP contribution in [0.3, 0.4) is 0 Å². The fourth-order valence-electron chi connectivity index (χ4n) is 2.66. The van der Waals surface area contributed by atoms with E-state index < -0.39 is 21.2 Å². The Morgan fingerprint density at radius 3 is 2.63 bits per heavy atom. The molecule has 2 heterocycles. The van der Waals surface area contributed by atoms with E-state index >= 15 is 0 Å². The quantitative estimate of drug-likeness (QED) is 0.510. The maximum Gasteiger partial charge on any atom is 0.263 e. The van der Waals surface area contributed by atoms with E-state index in [0.717, 1.165) is 28.7 Å². The number of nitrogens with two attached hydrogens (primary N) is 1. The molecule has 1 aliphatic heterocycles. The Kier molecular flexibility index (Phi) is 5.54. The van der Waals surface area contributed by atoms with Crippen LogP contribution in [0.1, 0.15) is 16.4 Å². The van der Waals surface area contributed by atoms with Gasteiger partial charge in [-0.25, -0.2) is 8.42 Å². The lowest BCUT2D eigenvalue weighted by Crippen LogP contribution is -2.18. The van der Waals surface area contributed by atoms with Crippen LogP contribution < -0.4 is 19.9 Å². The van der Waals surface area contributed by atoms with Crippen molar-refractivity contribution in [3.8, 4) is 11.5 Å². The molecular formula is C18H16N4O5S3. The molecule has 1 atom stereocenters. The number of benzene rings is 2. The van der Waals surface area contributed by atoms with E-state index in [9.17, 15) is 13.2 Å². The zero-order chi connectivity index (χ0) is 21.3. The van der Waals surface area contributed by atoms with Gasteiger partial charge >= 0.3 is 0 Å². The average Bonchev–Trinajstić information content (AvgIpc) is 3.34. The third-order valence-electron chi connectivity index (χ3n) is 4.14. The van der Waals surface area contributed by atoms with Crippen LogP contribution in [0.5, 0.6) is 11.5 Å². The van der Waals surface area contributed by atoms with Gasteiger partial charge in [-0.15, -0.1) is 10.2 Å². The number of amides is 1. The van der Waals surface area contributed by atoms with Crippen molar-refractivity contribution in [1.29, 1.82) is 0 Å². The Balaban J connectivity index is 1.51. The molecule has 1 aliphatic rings. The van der Waals surface area contributed by atoms with Gasteiger partial charge in [0.05, 0.1) is 4.90 Å². The minimum Gasteiger partial charge on any atom is -0.454 e. The second kappa shape index (κ2) is 8.13. The van der Waals surface area contributed by atoms with Crippen molar-refractivity contribution in [3.63, 3.8) is 0 Å². The van der Waals surface area contributed by atoms with Crippen molar-refractivity contribution >= 4 is 44.2 Å². The third kappa shape index (κ3) is 4.35. The van der Waals surface area contributed by atoms with Gasteiger partial charge in [-0.05, 0) is 36.8 Å². The zero-order valence-corrected chi connectivity index (χ0v) is 18.0. The summed E-state index contributed by atoms with van der Waals surface area (Å²) in [4.78, 5) is 12.1. The van der Waals surface area contributed by atoms with E-state index in [1.165, 1.54) is 12.1 Å². The summed E-state index contributed by atoms with van der Waals surface area (Å²) in [6.45, 7) is 1.99. The molecular weight excluding hydrogens is 448 g/mol. The molecule has 0 aliphatic carbocycles. The first-order valence-corrected chi connectivity index (χ1v) is 11.8. The van der Waals surface area contributed by atoms with Crippen LogP contribution >= 0.6 is 23.1 Å². The molecule has 0 saturated heterocycles. The summed E-state index contributed by atoms with van der Waals surface area (Å²) in [5.41, 5.74) is 7.14. The highest BCUT2D eigenvalue weighted by atomic mass is 32.2. The van der Waals surface area contributed by atoms with Crippen molar-refractivity contribution in [2.45, 2.75) is 21.4 Å². The van der Waals surface area contributed by atoms with Gasteiger partial charge in [0.2, 0.25) is 17.8 Å². The molecule has 1 unspecified atom stereocenters. The number of nitrogens with one attached hydrogen (secondary N) is 1. The van der Waals surface area contributed by atoms with Gasteiger partial charge in [0, 0.05) is 0 Å². The van der Waals surface area contributed by atoms with Gasteiger partial charge in [0.25, 0.3) is 10.0 Å². The fraction of sp³-hybridized carbons (Fsp3) is 0.167. The molecule has 0 radical (unpaired) electrons. The Morgan fingerprint density at radius 2 is 1.90 bits per heavy atom. The number of aromatic nitrogens is 2. The number of ether oxygens (including phenoxy) is 2. The van der Waals surface area contributed by atoms with E-state index in [2.05, 4.69) is 14.9 Å². The van der Waals surface area contributed by atoms with Crippen LogP contribution in [0.25, 0.3) is 0 Å². The SMILES string of the molecule is Cc1ccc(S(=O)(=O)Nc2nnc(SC(C(N)=O)c3ccc4c(c3)OCO4)s2)cc1. The topological polar surface area (TPSA) is 134 Å². The summed E-state index contributed by atoms with van der Waals surface area (Å²) in [5, 5.41) is 7.17. The van der Waals surface area contributed by atoms with Crippen molar-refractivity contribution in [1.82, 2.24) is 10.2 Å². The van der Waals surface area contributed by atoms with Crippen LogP contribution in [-0.4, -0.2) is 31.3 Å². The van der Waals surface area contributed by atoms with Crippen LogP contribution in [0, 0.1) is 6.92 Å². The Bertz CT molecular complexity index is 1190. The van der Waals surface area contributed by atoms with Crippen molar-refractivity contribution in [3.05, 3.63) is 53.6 Å². The largest absolute Gasteiger partial charge is 0.454 e. The highest BCUT2D eigenvalue weighted by Gasteiger charge is 2.25. The van der Waals surface area contributed by atoms with Gasteiger partial charge in [-0.1, -0.05) is 46.9 Å². The number of thioether (sulfide) groups is 1. The minimum absolute atomic E-state index is 0.0898. The van der Waals surface area contributed by atoms with E-state index in [4.69, 9.17) is 15.2 Å². The van der Waals surface area contributed by atoms with Crippen LogP contribution in [0.4, 0.5) is 5.13 Å². The van der Waals surface area contributed by atoms with Gasteiger partial charge in [0.1, 0.15) is 5.25 Å². The Hall–Kier alpha value is -2.83. The molecule has 1 aromatic heterocycles. The number of primary amides is 1. The number of sulfonamides is 1. The number of anilines is 1. The van der Waals surface area contributed by atoms with Crippen LogP contribution in [0.2, 0.25) is 0 Å². The first-order valence-electron chi connectivity index (χ1n) is 8.60. The number of fused-ring (bicyclic) bond motifs is 1. The molecule has 9 nitrogen and oxygen atoms in total. The summed E-state index contributed by atoms with van der Waals surface area (Å²) >= 11 is 2.09. The predicted octanol–water partition coefficient (Wildman–Crippen LogP) is 2.69. The van der Waals surface area contributed by atoms with Crippen LogP contribution in [0.15, 0.2) is 51.7 Å².